The third-order valence-corrected chi connectivity index (χ3v) is 10.1. The van der Waals surface area contributed by atoms with Crippen LogP contribution >= 0.6 is 0 Å². The first-order valence-corrected chi connectivity index (χ1v) is 19.5. The summed E-state index contributed by atoms with van der Waals surface area (Å²) in [4.78, 5) is 45.3. The highest BCUT2D eigenvalue weighted by Gasteiger charge is 2.36. The molecule has 63 heavy (non-hydrogen) atoms. The number of benzene rings is 4. The Labute approximate surface area is 361 Å². The van der Waals surface area contributed by atoms with Gasteiger partial charge in [-0.05, 0) is 97.2 Å². The van der Waals surface area contributed by atoms with Gasteiger partial charge in [0.2, 0.25) is 0 Å². The molecule has 2 heterocycles. The smallest absolute Gasteiger partial charge is 0.335 e. The van der Waals surface area contributed by atoms with Gasteiger partial charge in [-0.25, -0.2) is 13.6 Å². The maximum absolute atomic E-state index is 13.5. The molecular weight excluding hydrogens is 821 g/mol. The van der Waals surface area contributed by atoms with Gasteiger partial charge >= 0.3 is 17.9 Å². The Balaban J connectivity index is 0.000000240. The number of aliphatic carboxylic acids is 3. The molecule has 1 aromatic heterocycles. The van der Waals surface area contributed by atoms with Crippen LogP contribution in [0.3, 0.4) is 0 Å². The van der Waals surface area contributed by atoms with Crippen molar-refractivity contribution in [2.45, 2.75) is 51.6 Å². The first-order chi connectivity index (χ1) is 29.9. The number of carboxylic acids is 3. The molecule has 5 aromatic rings. The van der Waals surface area contributed by atoms with Gasteiger partial charge in [0.1, 0.15) is 11.6 Å². The van der Waals surface area contributed by atoms with E-state index < -0.39 is 53.9 Å². The van der Waals surface area contributed by atoms with Crippen molar-refractivity contribution in [3.05, 3.63) is 143 Å². The SMILES string of the molecule is C[C@@](CO)(C[C@@H](Cc1ccc(-c2cccc(F)c2)cc1)NC(=O)c1cn[nH]n1)C(=O)O.C[C@@](CO)(C[C@H](N)Cc1ccc(-c2cccc(F)c2)cc1)C(=O)O.O=C(O)C1=CN=NC1. The second-order valence-corrected chi connectivity index (χ2v) is 15.4. The van der Waals surface area contributed by atoms with Gasteiger partial charge < -0.3 is 36.6 Å². The number of hydrogen-bond donors (Lipinski definition) is 8. The fraction of sp³-hybridized carbons (Fsp3) is 0.289. The maximum atomic E-state index is 13.5. The summed E-state index contributed by atoms with van der Waals surface area (Å²) in [6, 6.07) is 26.6. The number of aromatic nitrogens is 3. The fourth-order valence-electron chi connectivity index (χ4n) is 6.36. The molecule has 1 aliphatic rings. The Morgan fingerprint density at radius 3 is 1.65 bits per heavy atom. The van der Waals surface area contributed by atoms with Crippen molar-refractivity contribution in [2.24, 2.45) is 26.8 Å². The average molecular weight is 870 g/mol. The lowest BCUT2D eigenvalue weighted by atomic mass is 9.82. The van der Waals surface area contributed by atoms with Crippen LogP contribution in [-0.2, 0) is 27.2 Å². The fourth-order valence-corrected chi connectivity index (χ4v) is 6.36. The molecule has 0 saturated heterocycles. The van der Waals surface area contributed by atoms with E-state index in [1.165, 1.54) is 50.5 Å². The number of carbonyl (C=O) groups is 4. The number of aliphatic hydroxyl groups is 2. The molecule has 0 unspecified atom stereocenters. The van der Waals surface area contributed by atoms with Gasteiger partial charge in [-0.15, -0.1) is 0 Å². The molecule has 0 radical (unpaired) electrons. The Morgan fingerprint density at radius 2 is 1.25 bits per heavy atom. The number of nitrogens with two attached hydrogens (primary N) is 1. The molecule has 9 N–H and O–H groups in total. The van der Waals surface area contributed by atoms with Crippen molar-refractivity contribution in [1.29, 1.82) is 0 Å². The Hall–Kier alpha value is -7.02. The molecule has 1 aliphatic heterocycles. The van der Waals surface area contributed by atoms with Crippen molar-refractivity contribution in [2.75, 3.05) is 19.8 Å². The lowest BCUT2D eigenvalue weighted by Gasteiger charge is -2.28. The minimum absolute atomic E-state index is 0.00801. The van der Waals surface area contributed by atoms with Crippen molar-refractivity contribution in [1.82, 2.24) is 20.7 Å². The first-order valence-electron chi connectivity index (χ1n) is 19.5. The molecule has 0 bridgehead atoms. The number of nitrogens with one attached hydrogen (secondary N) is 2. The Kier molecular flexibility index (Phi) is 17.5. The molecule has 0 saturated carbocycles. The standard InChI is InChI=1S/C22H23FN4O4.C19H22FNO3.C4H4N2O2/c1-22(13-28,21(30)31)11-18(25-20(29)19-12-24-27-26-19)9-14-5-7-15(8-6-14)16-3-2-4-17(23)10-16;1-19(12-22,18(23)24)11-17(21)9-13-5-7-14(8-6-13)15-3-2-4-16(20)10-15;7-4(8)3-1-5-6-2-3/h2-8,10,12,18,28H,9,11,13H2,1H3,(H,25,29)(H,30,31)(H,24,26,27);2-8,10,17,22H,9,11-12,21H2,1H3,(H,23,24);1H,2H2,(H,7,8)/t18-,22+;17-,19+;/m11./s1. The van der Waals surface area contributed by atoms with Crippen LogP contribution in [0.2, 0.25) is 0 Å². The first kappa shape index (κ1) is 48.6. The number of aliphatic hydroxyl groups excluding tert-OH is 2. The minimum atomic E-state index is -1.43. The molecule has 16 nitrogen and oxygen atoms in total. The van der Waals surface area contributed by atoms with E-state index in [1.807, 2.05) is 54.6 Å². The molecule has 0 fully saturated rings. The molecule has 0 aliphatic carbocycles. The van der Waals surface area contributed by atoms with Crippen LogP contribution in [0.15, 0.2) is 125 Å². The van der Waals surface area contributed by atoms with Gasteiger partial charge in [0, 0.05) is 12.1 Å². The lowest BCUT2D eigenvalue weighted by Crippen LogP contribution is -2.44. The van der Waals surface area contributed by atoms with Crippen LogP contribution in [0.4, 0.5) is 8.78 Å². The molecule has 4 atom stereocenters. The summed E-state index contributed by atoms with van der Waals surface area (Å²) in [7, 11) is 0. The van der Waals surface area contributed by atoms with Gasteiger partial charge in [0.05, 0.1) is 48.6 Å². The Morgan fingerprint density at radius 1 is 0.746 bits per heavy atom. The summed E-state index contributed by atoms with van der Waals surface area (Å²) in [6.07, 6.45) is 3.55. The van der Waals surface area contributed by atoms with Gasteiger partial charge in [0.25, 0.3) is 5.91 Å². The summed E-state index contributed by atoms with van der Waals surface area (Å²) >= 11 is 0. The van der Waals surface area contributed by atoms with Crippen LogP contribution in [-0.4, -0.2) is 96.6 Å². The van der Waals surface area contributed by atoms with E-state index in [0.29, 0.717) is 12.8 Å². The molecule has 1 amide bonds. The number of H-pyrrole nitrogens is 1. The summed E-state index contributed by atoms with van der Waals surface area (Å²) in [5.41, 5.74) is 8.79. The molecule has 4 aromatic carbocycles. The number of nitrogens with zero attached hydrogens (tertiary/aromatic N) is 4. The van der Waals surface area contributed by atoms with E-state index in [2.05, 4.69) is 31.0 Å². The maximum Gasteiger partial charge on any atom is 0.335 e. The van der Waals surface area contributed by atoms with Crippen LogP contribution in [0.5, 0.6) is 0 Å². The van der Waals surface area contributed by atoms with E-state index in [0.717, 1.165) is 33.4 Å². The zero-order valence-electron chi connectivity index (χ0n) is 34.5. The third-order valence-electron chi connectivity index (χ3n) is 10.1. The van der Waals surface area contributed by atoms with Crippen LogP contribution < -0.4 is 11.1 Å². The van der Waals surface area contributed by atoms with Crippen molar-refractivity contribution in [3.8, 4) is 22.3 Å². The average Bonchev–Trinajstić information content (AvgIpc) is 4.01. The highest BCUT2D eigenvalue weighted by atomic mass is 19.1. The monoisotopic (exact) mass is 869 g/mol. The number of amides is 1. The number of halogens is 2. The number of azo groups is 1. The van der Waals surface area contributed by atoms with Crippen LogP contribution in [0.25, 0.3) is 22.3 Å². The van der Waals surface area contributed by atoms with Crippen molar-refractivity contribution < 1.29 is 53.5 Å². The van der Waals surface area contributed by atoms with Crippen molar-refractivity contribution >= 4 is 23.8 Å². The number of hydrogen-bond acceptors (Lipinski definition) is 11. The number of rotatable bonds is 17. The minimum Gasteiger partial charge on any atom is -0.481 e. The van der Waals surface area contributed by atoms with Crippen LogP contribution in [0.1, 0.15) is 48.3 Å². The number of aromatic amines is 1. The predicted octanol–water partition coefficient (Wildman–Crippen LogP) is 5.68. The molecular formula is C45H49F2N7O9. The predicted molar refractivity (Wildman–Crippen MR) is 227 cm³/mol. The molecule has 6 rings (SSSR count). The second kappa shape index (κ2) is 22.7. The lowest BCUT2D eigenvalue weighted by molar-refractivity contribution is -0.152. The van der Waals surface area contributed by atoms with E-state index in [-0.39, 0.29) is 48.3 Å². The van der Waals surface area contributed by atoms with Gasteiger partial charge in [-0.2, -0.15) is 25.6 Å². The van der Waals surface area contributed by atoms with Crippen LogP contribution in [0, 0.1) is 22.5 Å². The highest BCUT2D eigenvalue weighted by Crippen LogP contribution is 2.28. The van der Waals surface area contributed by atoms with E-state index in [4.69, 9.17) is 10.8 Å². The zero-order chi connectivity index (χ0) is 46.2. The molecule has 18 heteroatoms. The zero-order valence-corrected chi connectivity index (χ0v) is 34.5. The third kappa shape index (κ3) is 14.6. The van der Waals surface area contributed by atoms with E-state index >= 15 is 0 Å². The van der Waals surface area contributed by atoms with E-state index in [9.17, 15) is 48.4 Å². The summed E-state index contributed by atoms with van der Waals surface area (Å²) in [6.45, 7) is 2.11. The van der Waals surface area contributed by atoms with E-state index in [1.54, 1.807) is 18.2 Å². The topological polar surface area (TPSA) is 274 Å². The molecule has 0 spiro atoms. The number of carbonyl (C=O) groups excluding carboxylic acids is 1. The molecule has 332 valence electrons. The second-order valence-electron chi connectivity index (χ2n) is 15.4. The quantitative estimate of drug-likeness (QED) is 0.0561. The Bertz CT molecular complexity index is 2380. The van der Waals surface area contributed by atoms with Gasteiger partial charge in [-0.3, -0.25) is 14.4 Å². The normalized spacial score (nSPS) is 14.6. The summed E-state index contributed by atoms with van der Waals surface area (Å²) in [5.74, 6) is -4.25. The number of carboxylic acid groups (broad SMARTS) is 3. The summed E-state index contributed by atoms with van der Waals surface area (Å²) in [5, 5.41) is 65.1. The highest BCUT2D eigenvalue weighted by molar-refractivity contribution is 5.92. The van der Waals surface area contributed by atoms with Gasteiger partial charge in [-0.1, -0.05) is 72.8 Å². The largest absolute Gasteiger partial charge is 0.481 e. The van der Waals surface area contributed by atoms with Gasteiger partial charge in [0.15, 0.2) is 5.69 Å². The van der Waals surface area contributed by atoms with Crippen molar-refractivity contribution in [3.63, 3.8) is 0 Å². The summed E-state index contributed by atoms with van der Waals surface area (Å²) < 4.78 is 26.8.